The molecule has 2 aromatic rings. The van der Waals surface area contributed by atoms with Crippen molar-refractivity contribution in [3.05, 3.63) is 64.2 Å². The van der Waals surface area contributed by atoms with Crippen molar-refractivity contribution in [1.29, 1.82) is 0 Å². The lowest BCUT2D eigenvalue weighted by atomic mass is 10.2. The fourth-order valence-corrected chi connectivity index (χ4v) is 1.17. The summed E-state index contributed by atoms with van der Waals surface area (Å²) >= 11 is 0. The molecule has 0 aliphatic rings. The molecule has 0 fully saturated rings. The maximum absolute atomic E-state index is 9.98. The van der Waals surface area contributed by atoms with Gasteiger partial charge in [-0.05, 0) is 25.0 Å². The zero-order valence-corrected chi connectivity index (χ0v) is 9.70. The zero-order valence-electron chi connectivity index (χ0n) is 9.70. The average molecular weight is 231 g/mol. The molecule has 0 saturated carbocycles. The Bertz CT molecular complexity index is 469. The highest BCUT2D eigenvalue weighted by molar-refractivity contribution is 5.24. The number of hydrogen-bond donors (Lipinski definition) is 0. The monoisotopic (exact) mass is 231 g/mol. The van der Waals surface area contributed by atoms with Crippen molar-refractivity contribution in [3.63, 3.8) is 0 Å². The Labute approximate surface area is 99.3 Å². The first-order chi connectivity index (χ1) is 8.09. The highest BCUT2D eigenvalue weighted by Crippen LogP contribution is 2.05. The van der Waals surface area contributed by atoms with Crippen molar-refractivity contribution in [1.82, 2.24) is 9.97 Å². The Morgan fingerprint density at radius 2 is 1.59 bits per heavy atom. The van der Waals surface area contributed by atoms with E-state index in [1.54, 1.807) is 0 Å². The number of rotatable bonds is 1. The van der Waals surface area contributed by atoms with Crippen LogP contribution < -0.4 is 0 Å². The van der Waals surface area contributed by atoms with Gasteiger partial charge in [0.2, 0.25) is 0 Å². The van der Waals surface area contributed by atoms with Gasteiger partial charge < -0.3 is 0 Å². The Hall–Kier alpha value is -2.30. The van der Waals surface area contributed by atoms with Gasteiger partial charge in [0.1, 0.15) is 0 Å². The highest BCUT2D eigenvalue weighted by atomic mass is 16.6. The van der Waals surface area contributed by atoms with Crippen LogP contribution in [0.3, 0.4) is 0 Å². The third-order valence-corrected chi connectivity index (χ3v) is 1.89. The molecule has 0 atom stereocenters. The smallest absolute Gasteiger partial charge is 0.264 e. The lowest BCUT2D eigenvalue weighted by Crippen LogP contribution is -1.85. The maximum Gasteiger partial charge on any atom is 0.272 e. The van der Waals surface area contributed by atoms with E-state index in [1.807, 2.05) is 26.2 Å². The lowest BCUT2D eigenvalue weighted by molar-refractivity contribution is -0.384. The van der Waals surface area contributed by atoms with Crippen LogP contribution in [-0.2, 0) is 0 Å². The molecule has 17 heavy (non-hydrogen) atoms. The molecule has 0 bridgehead atoms. The molecule has 0 spiro atoms. The second-order valence-corrected chi connectivity index (χ2v) is 3.50. The van der Waals surface area contributed by atoms with Crippen LogP contribution in [0.15, 0.2) is 43.0 Å². The largest absolute Gasteiger partial charge is 0.272 e. The summed E-state index contributed by atoms with van der Waals surface area (Å²) in [5.74, 6) is 0. The van der Waals surface area contributed by atoms with Crippen LogP contribution in [-0.4, -0.2) is 14.9 Å². The summed E-state index contributed by atoms with van der Waals surface area (Å²) in [7, 11) is 0. The van der Waals surface area contributed by atoms with E-state index in [9.17, 15) is 10.1 Å². The first-order valence-electron chi connectivity index (χ1n) is 5.02. The van der Waals surface area contributed by atoms with Crippen LogP contribution in [0.4, 0.5) is 5.69 Å². The van der Waals surface area contributed by atoms with E-state index in [0.29, 0.717) is 0 Å². The second kappa shape index (κ2) is 6.32. The summed E-state index contributed by atoms with van der Waals surface area (Å²) in [6.45, 7) is 4.08. The molecule has 5 heteroatoms. The van der Waals surface area contributed by atoms with Gasteiger partial charge in [-0.15, -0.1) is 0 Å². The molecule has 88 valence electrons. The van der Waals surface area contributed by atoms with E-state index < -0.39 is 4.92 Å². The van der Waals surface area contributed by atoms with E-state index >= 15 is 0 Å². The van der Waals surface area contributed by atoms with Gasteiger partial charge >= 0.3 is 0 Å². The molecular weight excluding hydrogens is 218 g/mol. The number of pyridine rings is 2. The van der Waals surface area contributed by atoms with Crippen LogP contribution in [0.5, 0.6) is 0 Å². The van der Waals surface area contributed by atoms with Crippen LogP contribution in [0, 0.1) is 24.0 Å². The Morgan fingerprint density at radius 1 is 1.06 bits per heavy atom. The van der Waals surface area contributed by atoms with E-state index in [4.69, 9.17) is 0 Å². The molecule has 0 radical (unpaired) electrons. The van der Waals surface area contributed by atoms with Gasteiger partial charge in [-0.1, -0.05) is 6.07 Å². The molecule has 0 aromatic carbocycles. The molecule has 5 nitrogen and oxygen atoms in total. The zero-order chi connectivity index (χ0) is 12.7. The normalized spacial score (nSPS) is 9.06. The maximum atomic E-state index is 9.98. The van der Waals surface area contributed by atoms with Crippen molar-refractivity contribution in [2.45, 2.75) is 13.8 Å². The van der Waals surface area contributed by atoms with Gasteiger partial charge in [-0.2, -0.15) is 0 Å². The standard InChI is InChI=1S/C7H9N.C5H4N2O2/c1-6-3-7(2)5-8-4-6;8-7(9)5-1-3-6-4-2-5/h3-5H,1-2H3;1-4H. The van der Waals surface area contributed by atoms with Crippen molar-refractivity contribution in [2.24, 2.45) is 0 Å². The molecule has 0 saturated heterocycles. The Morgan fingerprint density at radius 3 is 1.88 bits per heavy atom. The predicted octanol–water partition coefficient (Wildman–Crippen LogP) is 2.69. The van der Waals surface area contributed by atoms with E-state index in [1.165, 1.54) is 35.7 Å². The minimum Gasteiger partial charge on any atom is -0.264 e. The third kappa shape index (κ3) is 4.83. The van der Waals surface area contributed by atoms with Crippen molar-refractivity contribution >= 4 is 5.69 Å². The topological polar surface area (TPSA) is 68.9 Å². The van der Waals surface area contributed by atoms with Crippen LogP contribution in [0.25, 0.3) is 0 Å². The van der Waals surface area contributed by atoms with E-state index in [0.717, 1.165) is 0 Å². The fraction of sp³-hybridized carbons (Fsp3) is 0.167. The third-order valence-electron chi connectivity index (χ3n) is 1.89. The summed E-state index contributed by atoms with van der Waals surface area (Å²) in [6.07, 6.45) is 6.48. The first-order valence-corrected chi connectivity index (χ1v) is 5.02. The van der Waals surface area contributed by atoms with Gasteiger partial charge in [-0.25, -0.2) is 0 Å². The number of nitrogens with zero attached hydrogens (tertiary/aromatic N) is 3. The number of aromatic nitrogens is 2. The summed E-state index contributed by atoms with van der Waals surface area (Å²) in [6, 6.07) is 4.80. The molecule has 2 rings (SSSR count). The molecule has 2 heterocycles. The lowest BCUT2D eigenvalue weighted by Gasteiger charge is -1.89. The summed E-state index contributed by atoms with van der Waals surface area (Å²) in [5, 5.41) is 9.98. The van der Waals surface area contributed by atoms with E-state index in [-0.39, 0.29) is 5.69 Å². The molecule has 0 N–H and O–H groups in total. The second-order valence-electron chi connectivity index (χ2n) is 3.50. The first kappa shape index (κ1) is 12.8. The van der Waals surface area contributed by atoms with Gasteiger partial charge in [0.15, 0.2) is 0 Å². The van der Waals surface area contributed by atoms with Crippen molar-refractivity contribution in [2.75, 3.05) is 0 Å². The summed E-state index contributed by atoms with van der Waals surface area (Å²) < 4.78 is 0. The summed E-state index contributed by atoms with van der Waals surface area (Å²) in [4.78, 5) is 17.1. The van der Waals surface area contributed by atoms with Crippen molar-refractivity contribution in [3.8, 4) is 0 Å². The highest BCUT2D eigenvalue weighted by Gasteiger charge is 1.99. The number of nitro groups is 1. The fourth-order valence-electron chi connectivity index (χ4n) is 1.17. The van der Waals surface area contributed by atoms with Gasteiger partial charge in [-0.3, -0.25) is 20.1 Å². The molecule has 0 aliphatic carbocycles. The number of hydrogen-bond acceptors (Lipinski definition) is 4. The molecule has 0 aliphatic heterocycles. The minimum atomic E-state index is -0.457. The van der Waals surface area contributed by atoms with Gasteiger partial charge in [0.25, 0.3) is 5.69 Å². The van der Waals surface area contributed by atoms with Crippen molar-refractivity contribution < 1.29 is 4.92 Å². The average Bonchev–Trinajstić information content (AvgIpc) is 2.30. The Kier molecular flexibility index (Phi) is 4.75. The summed E-state index contributed by atoms with van der Waals surface area (Å²) in [5.41, 5.74) is 2.53. The minimum absolute atomic E-state index is 0.0741. The predicted molar refractivity (Wildman–Crippen MR) is 64.6 cm³/mol. The van der Waals surface area contributed by atoms with Crippen LogP contribution >= 0.6 is 0 Å². The van der Waals surface area contributed by atoms with Gasteiger partial charge in [0, 0.05) is 36.9 Å². The number of aryl methyl sites for hydroxylation is 2. The van der Waals surface area contributed by atoms with E-state index in [2.05, 4.69) is 16.0 Å². The van der Waals surface area contributed by atoms with Crippen LogP contribution in [0.1, 0.15) is 11.1 Å². The Balaban J connectivity index is 0.000000171. The van der Waals surface area contributed by atoms with Gasteiger partial charge in [0.05, 0.1) is 4.92 Å². The molecule has 0 unspecified atom stereocenters. The molecular formula is C12H13N3O2. The molecule has 2 aromatic heterocycles. The SMILES string of the molecule is Cc1cncc(C)c1.O=[N+]([O-])c1ccncc1. The molecule has 0 amide bonds. The quantitative estimate of drug-likeness (QED) is 0.559. The van der Waals surface area contributed by atoms with Crippen LogP contribution in [0.2, 0.25) is 0 Å².